The number of benzene rings is 2. The van der Waals surface area contributed by atoms with Crippen molar-refractivity contribution in [3.05, 3.63) is 102 Å². The first kappa shape index (κ1) is 19.0. The van der Waals surface area contributed by atoms with Crippen LogP contribution in [-0.4, -0.2) is 26.6 Å². The average molecular weight is 401 g/mol. The summed E-state index contributed by atoms with van der Waals surface area (Å²) in [5.41, 5.74) is 6.39. The van der Waals surface area contributed by atoms with E-state index in [0.29, 0.717) is 11.3 Å². The average Bonchev–Trinajstić information content (AvgIpc) is 3.24. The zero-order valence-corrected chi connectivity index (χ0v) is 15.6. The van der Waals surface area contributed by atoms with Crippen molar-refractivity contribution >= 4 is 11.8 Å². The highest BCUT2D eigenvalue weighted by atomic mass is 19.1. The number of nitrogens with one attached hydrogen (secondary N) is 2. The second-order valence-corrected chi connectivity index (χ2v) is 6.30. The molecule has 0 aliphatic rings. The fourth-order valence-electron chi connectivity index (χ4n) is 2.86. The third kappa shape index (κ3) is 3.93. The van der Waals surface area contributed by atoms with E-state index in [1.54, 1.807) is 35.4 Å². The number of amides is 2. The van der Waals surface area contributed by atoms with E-state index in [4.69, 9.17) is 0 Å². The second kappa shape index (κ2) is 8.36. The van der Waals surface area contributed by atoms with Crippen molar-refractivity contribution in [1.29, 1.82) is 0 Å². The molecule has 0 bridgehead atoms. The van der Waals surface area contributed by atoms with Gasteiger partial charge in [-0.3, -0.25) is 25.4 Å². The number of hydrogen-bond donors (Lipinski definition) is 2. The highest BCUT2D eigenvalue weighted by Gasteiger charge is 2.20. The van der Waals surface area contributed by atoms with Gasteiger partial charge in [-0.1, -0.05) is 30.3 Å². The molecule has 30 heavy (non-hydrogen) atoms. The molecule has 148 valence electrons. The molecule has 0 saturated carbocycles. The summed E-state index contributed by atoms with van der Waals surface area (Å²) in [6.07, 6.45) is 4.76. The van der Waals surface area contributed by atoms with Crippen molar-refractivity contribution in [1.82, 2.24) is 25.6 Å². The summed E-state index contributed by atoms with van der Waals surface area (Å²) in [4.78, 5) is 29.1. The minimum atomic E-state index is -0.764. The van der Waals surface area contributed by atoms with Gasteiger partial charge in [-0.05, 0) is 36.4 Å². The van der Waals surface area contributed by atoms with Crippen LogP contribution < -0.4 is 10.9 Å². The third-order valence-electron chi connectivity index (χ3n) is 4.32. The van der Waals surface area contributed by atoms with Crippen molar-refractivity contribution < 1.29 is 14.0 Å². The van der Waals surface area contributed by atoms with Crippen LogP contribution in [0.5, 0.6) is 0 Å². The van der Waals surface area contributed by atoms with E-state index in [9.17, 15) is 14.0 Å². The normalized spacial score (nSPS) is 10.4. The molecule has 4 aromatic rings. The SMILES string of the molecule is O=C(NNC(=O)c1cn(-c2ccccc2)nc1-c1cccnc1)c1ccccc1F. The molecule has 2 aromatic heterocycles. The third-order valence-corrected chi connectivity index (χ3v) is 4.32. The van der Waals surface area contributed by atoms with Crippen LogP contribution in [0.2, 0.25) is 0 Å². The largest absolute Gasteiger partial charge is 0.273 e. The molecule has 2 amide bonds. The maximum absolute atomic E-state index is 13.8. The fourth-order valence-corrected chi connectivity index (χ4v) is 2.86. The number of carbonyl (C=O) groups excluding carboxylic acids is 2. The van der Waals surface area contributed by atoms with Crippen LogP contribution in [0.3, 0.4) is 0 Å². The van der Waals surface area contributed by atoms with E-state index in [-0.39, 0.29) is 11.1 Å². The van der Waals surface area contributed by atoms with Crippen LogP contribution in [0.25, 0.3) is 16.9 Å². The highest BCUT2D eigenvalue weighted by Crippen LogP contribution is 2.23. The molecule has 0 saturated heterocycles. The molecule has 2 heterocycles. The number of para-hydroxylation sites is 1. The first-order valence-corrected chi connectivity index (χ1v) is 9.04. The second-order valence-electron chi connectivity index (χ2n) is 6.30. The molecule has 0 fully saturated rings. The summed E-state index contributed by atoms with van der Waals surface area (Å²) in [6, 6.07) is 18.3. The number of aromatic nitrogens is 3. The number of hydrogen-bond acceptors (Lipinski definition) is 4. The Balaban J connectivity index is 1.62. The van der Waals surface area contributed by atoms with Gasteiger partial charge < -0.3 is 0 Å². The van der Waals surface area contributed by atoms with Crippen LogP contribution in [0, 0.1) is 5.82 Å². The molecule has 0 atom stereocenters. The minimum absolute atomic E-state index is 0.176. The van der Waals surface area contributed by atoms with E-state index in [0.717, 1.165) is 5.69 Å². The van der Waals surface area contributed by atoms with E-state index in [1.807, 2.05) is 30.3 Å². The van der Waals surface area contributed by atoms with Gasteiger partial charge in [-0.2, -0.15) is 5.10 Å². The van der Waals surface area contributed by atoms with Gasteiger partial charge in [0.2, 0.25) is 0 Å². The zero-order chi connectivity index (χ0) is 20.9. The summed E-state index contributed by atoms with van der Waals surface area (Å²) in [6.45, 7) is 0. The smallest absolute Gasteiger partial charge is 0.267 e. The van der Waals surface area contributed by atoms with E-state index in [2.05, 4.69) is 20.9 Å². The lowest BCUT2D eigenvalue weighted by Crippen LogP contribution is -2.42. The lowest BCUT2D eigenvalue weighted by molar-refractivity contribution is 0.0844. The van der Waals surface area contributed by atoms with Crippen LogP contribution in [0.4, 0.5) is 4.39 Å². The van der Waals surface area contributed by atoms with Gasteiger partial charge >= 0.3 is 0 Å². The molecule has 7 nitrogen and oxygen atoms in total. The highest BCUT2D eigenvalue weighted by molar-refractivity contribution is 6.02. The van der Waals surface area contributed by atoms with Gasteiger partial charge in [0.25, 0.3) is 11.8 Å². The summed E-state index contributed by atoms with van der Waals surface area (Å²) in [7, 11) is 0. The van der Waals surface area contributed by atoms with Gasteiger partial charge in [-0.25, -0.2) is 9.07 Å². The van der Waals surface area contributed by atoms with Crippen molar-refractivity contribution in [2.75, 3.05) is 0 Å². The Kier molecular flexibility index (Phi) is 5.29. The predicted molar refractivity (Wildman–Crippen MR) is 108 cm³/mol. The summed E-state index contributed by atoms with van der Waals surface area (Å²) >= 11 is 0. The minimum Gasteiger partial charge on any atom is -0.267 e. The molecule has 2 N–H and O–H groups in total. The molecule has 2 aromatic carbocycles. The van der Waals surface area contributed by atoms with Crippen molar-refractivity contribution in [3.8, 4) is 16.9 Å². The Labute approximate surface area is 171 Å². The van der Waals surface area contributed by atoms with Crippen LogP contribution in [0.15, 0.2) is 85.3 Å². The Morgan fingerprint density at radius 2 is 1.53 bits per heavy atom. The van der Waals surface area contributed by atoms with Crippen LogP contribution >= 0.6 is 0 Å². The van der Waals surface area contributed by atoms with Gasteiger partial charge in [0.15, 0.2) is 0 Å². The Morgan fingerprint density at radius 3 is 2.23 bits per heavy atom. The van der Waals surface area contributed by atoms with Crippen LogP contribution in [0.1, 0.15) is 20.7 Å². The molecular formula is C22H16FN5O2. The van der Waals surface area contributed by atoms with Crippen molar-refractivity contribution in [2.24, 2.45) is 0 Å². The predicted octanol–water partition coefficient (Wildman–Crippen LogP) is 3.15. The molecule has 0 spiro atoms. The molecule has 4 rings (SSSR count). The quantitative estimate of drug-likeness (QED) is 0.514. The van der Waals surface area contributed by atoms with Crippen molar-refractivity contribution in [2.45, 2.75) is 0 Å². The summed E-state index contributed by atoms with van der Waals surface area (Å²) in [5.74, 6) is -2.04. The van der Waals surface area contributed by atoms with Gasteiger partial charge in [0.1, 0.15) is 11.5 Å². The number of pyridine rings is 1. The number of hydrazine groups is 1. The first-order valence-electron chi connectivity index (χ1n) is 9.04. The lowest BCUT2D eigenvalue weighted by Gasteiger charge is -2.08. The topological polar surface area (TPSA) is 88.9 Å². The van der Waals surface area contributed by atoms with Gasteiger partial charge in [0.05, 0.1) is 16.8 Å². The summed E-state index contributed by atoms with van der Waals surface area (Å²) < 4.78 is 15.3. The van der Waals surface area contributed by atoms with Crippen LogP contribution in [-0.2, 0) is 0 Å². The molecule has 8 heteroatoms. The zero-order valence-electron chi connectivity index (χ0n) is 15.6. The molecule has 0 unspecified atom stereocenters. The fraction of sp³-hybridized carbons (Fsp3) is 0. The molecule has 0 radical (unpaired) electrons. The Bertz CT molecular complexity index is 1190. The Morgan fingerprint density at radius 1 is 0.833 bits per heavy atom. The lowest BCUT2D eigenvalue weighted by atomic mass is 10.1. The van der Waals surface area contributed by atoms with Gasteiger partial charge in [0, 0.05) is 24.2 Å². The standard InChI is InChI=1S/C22H16FN5O2/c23-19-11-5-4-10-17(19)21(29)25-26-22(30)18-14-28(16-8-2-1-3-9-16)27-20(18)15-7-6-12-24-13-15/h1-14H,(H,25,29)(H,26,30). The maximum atomic E-state index is 13.8. The van der Waals surface area contributed by atoms with E-state index >= 15 is 0 Å². The first-order chi connectivity index (χ1) is 14.6. The molecular weight excluding hydrogens is 385 g/mol. The van der Waals surface area contributed by atoms with E-state index in [1.165, 1.54) is 24.3 Å². The number of rotatable bonds is 4. The monoisotopic (exact) mass is 401 g/mol. The Hall–Kier alpha value is -4.33. The van der Waals surface area contributed by atoms with Gasteiger partial charge in [-0.15, -0.1) is 0 Å². The van der Waals surface area contributed by atoms with Crippen molar-refractivity contribution in [3.63, 3.8) is 0 Å². The number of halogens is 1. The maximum Gasteiger partial charge on any atom is 0.273 e. The van der Waals surface area contributed by atoms with E-state index < -0.39 is 17.6 Å². The number of carbonyl (C=O) groups is 2. The molecule has 0 aliphatic heterocycles. The summed E-state index contributed by atoms with van der Waals surface area (Å²) in [5, 5.41) is 4.51. The molecule has 0 aliphatic carbocycles. The number of nitrogens with zero attached hydrogens (tertiary/aromatic N) is 3.